The molecule has 6 heteroatoms. The highest BCUT2D eigenvalue weighted by atomic mass is 16.5. The highest BCUT2D eigenvalue weighted by Gasteiger charge is 2.13. The van der Waals surface area contributed by atoms with E-state index >= 15 is 0 Å². The van der Waals surface area contributed by atoms with Gasteiger partial charge in [-0.05, 0) is 30.7 Å². The van der Waals surface area contributed by atoms with E-state index in [1.54, 1.807) is 37.4 Å². The number of carbonyl (C=O) groups is 1. The Morgan fingerprint density at radius 2 is 2.25 bits per heavy atom. The number of hydrogen-bond acceptors (Lipinski definition) is 4. The van der Waals surface area contributed by atoms with Gasteiger partial charge >= 0.3 is 0 Å². The van der Waals surface area contributed by atoms with E-state index in [4.69, 9.17) is 15.7 Å². The van der Waals surface area contributed by atoms with Gasteiger partial charge in [-0.2, -0.15) is 5.26 Å². The van der Waals surface area contributed by atoms with Gasteiger partial charge in [0.1, 0.15) is 17.6 Å². The number of rotatable bonds is 3. The number of ether oxygens (including phenoxy) is 1. The number of aromatic nitrogens is 1. The monoisotopic (exact) mass is 270 g/mol. The Kier molecular flexibility index (Phi) is 3.62. The molecule has 1 aromatic carbocycles. The minimum absolute atomic E-state index is 0.209. The number of anilines is 1. The van der Waals surface area contributed by atoms with Crippen molar-refractivity contribution >= 4 is 11.7 Å². The van der Waals surface area contributed by atoms with Crippen LogP contribution < -0.4 is 15.9 Å². The van der Waals surface area contributed by atoms with Crippen molar-refractivity contribution in [3.63, 3.8) is 0 Å². The summed E-state index contributed by atoms with van der Waals surface area (Å²) in [5, 5.41) is 8.96. The van der Waals surface area contributed by atoms with Crippen molar-refractivity contribution in [2.24, 2.45) is 0 Å². The van der Waals surface area contributed by atoms with Crippen molar-refractivity contribution in [1.82, 2.24) is 4.68 Å². The van der Waals surface area contributed by atoms with Gasteiger partial charge in [-0.3, -0.25) is 10.2 Å². The lowest BCUT2D eigenvalue weighted by molar-refractivity contribution is 0.101. The Labute approximate surface area is 116 Å². The van der Waals surface area contributed by atoms with Crippen LogP contribution in [0.25, 0.3) is 0 Å². The number of nitrogens with two attached hydrogens (primary N) is 1. The predicted molar refractivity (Wildman–Crippen MR) is 75.0 cm³/mol. The van der Waals surface area contributed by atoms with E-state index in [2.05, 4.69) is 5.43 Å². The molecule has 1 amide bonds. The van der Waals surface area contributed by atoms with Gasteiger partial charge in [-0.15, -0.1) is 0 Å². The lowest BCUT2D eigenvalue weighted by atomic mass is 10.2. The van der Waals surface area contributed by atoms with Crippen LogP contribution in [0.4, 0.5) is 5.82 Å². The number of amides is 1. The van der Waals surface area contributed by atoms with E-state index in [0.717, 1.165) is 0 Å². The van der Waals surface area contributed by atoms with Gasteiger partial charge < -0.3 is 10.5 Å². The highest BCUT2D eigenvalue weighted by Crippen LogP contribution is 2.17. The zero-order chi connectivity index (χ0) is 14.7. The molecule has 0 spiro atoms. The fraction of sp³-hybridized carbons (Fsp3) is 0.143. The summed E-state index contributed by atoms with van der Waals surface area (Å²) in [6.07, 6.45) is 1.60. The average Bonchev–Trinajstić information content (AvgIpc) is 2.73. The van der Waals surface area contributed by atoms with E-state index in [1.807, 2.05) is 6.07 Å². The quantitative estimate of drug-likeness (QED) is 0.886. The molecule has 2 rings (SSSR count). The molecule has 1 aromatic heterocycles. The van der Waals surface area contributed by atoms with E-state index in [9.17, 15) is 4.79 Å². The van der Waals surface area contributed by atoms with Crippen LogP contribution in [0, 0.1) is 18.3 Å². The van der Waals surface area contributed by atoms with Gasteiger partial charge in [-0.1, -0.05) is 6.07 Å². The topological polar surface area (TPSA) is 93.1 Å². The van der Waals surface area contributed by atoms with Gasteiger partial charge in [0, 0.05) is 11.8 Å². The number of aryl methyl sites for hydroxylation is 1. The Hall–Kier alpha value is -2.94. The maximum absolute atomic E-state index is 12.1. The third-order valence-corrected chi connectivity index (χ3v) is 2.90. The van der Waals surface area contributed by atoms with E-state index in [-0.39, 0.29) is 11.7 Å². The molecule has 102 valence electrons. The van der Waals surface area contributed by atoms with Crippen LogP contribution >= 0.6 is 0 Å². The lowest BCUT2D eigenvalue weighted by Crippen LogP contribution is -2.23. The molecule has 0 radical (unpaired) electrons. The SMILES string of the molecule is COc1cccc(C(=O)Nn2cc(C)c(C#N)c2N)c1. The van der Waals surface area contributed by atoms with Crippen LogP contribution in [-0.4, -0.2) is 17.7 Å². The van der Waals surface area contributed by atoms with Crippen LogP contribution in [0.3, 0.4) is 0 Å². The smallest absolute Gasteiger partial charge is 0.270 e. The minimum Gasteiger partial charge on any atom is -0.497 e. The summed E-state index contributed by atoms with van der Waals surface area (Å²) in [4.78, 5) is 12.1. The number of nitrogen functional groups attached to an aromatic ring is 1. The summed E-state index contributed by atoms with van der Waals surface area (Å²) in [5.74, 6) is 0.461. The number of methoxy groups -OCH3 is 1. The van der Waals surface area contributed by atoms with Crippen molar-refractivity contribution in [3.05, 3.63) is 47.2 Å². The van der Waals surface area contributed by atoms with Crippen LogP contribution in [-0.2, 0) is 0 Å². The summed E-state index contributed by atoms with van der Waals surface area (Å²) >= 11 is 0. The first kappa shape index (κ1) is 13.5. The van der Waals surface area contributed by atoms with Gasteiger partial charge in [0.05, 0.1) is 12.7 Å². The second kappa shape index (κ2) is 5.36. The van der Waals surface area contributed by atoms with Crippen molar-refractivity contribution in [3.8, 4) is 11.8 Å². The first-order valence-corrected chi connectivity index (χ1v) is 5.89. The van der Waals surface area contributed by atoms with Crippen molar-refractivity contribution in [2.45, 2.75) is 6.92 Å². The standard InChI is InChI=1S/C14H14N4O2/c1-9-8-18(13(16)12(9)7-15)17-14(19)10-4-3-5-11(6-10)20-2/h3-6,8H,16H2,1-2H3,(H,17,19). The Bertz CT molecular complexity index is 698. The summed E-state index contributed by atoms with van der Waals surface area (Å²) in [6.45, 7) is 1.75. The maximum Gasteiger partial charge on any atom is 0.270 e. The molecule has 3 N–H and O–H groups in total. The Morgan fingerprint density at radius 3 is 2.85 bits per heavy atom. The molecule has 0 aliphatic rings. The summed E-state index contributed by atoms with van der Waals surface area (Å²) in [5.41, 5.74) is 9.92. The molecule has 0 saturated heterocycles. The molecule has 0 aliphatic carbocycles. The molecule has 0 fully saturated rings. The first-order chi connectivity index (χ1) is 9.56. The second-order valence-electron chi connectivity index (χ2n) is 4.23. The predicted octanol–water partition coefficient (Wildman–Crippen LogP) is 1.64. The summed E-state index contributed by atoms with van der Waals surface area (Å²) in [7, 11) is 1.53. The largest absolute Gasteiger partial charge is 0.497 e. The molecule has 1 heterocycles. The summed E-state index contributed by atoms with van der Waals surface area (Å²) in [6, 6.07) is 8.75. The molecule has 6 nitrogen and oxygen atoms in total. The lowest BCUT2D eigenvalue weighted by Gasteiger charge is -2.09. The van der Waals surface area contributed by atoms with Crippen LogP contribution in [0.5, 0.6) is 5.75 Å². The molecule has 0 atom stereocenters. The fourth-order valence-electron chi connectivity index (χ4n) is 1.83. The van der Waals surface area contributed by atoms with Crippen LogP contribution in [0.15, 0.2) is 30.5 Å². The zero-order valence-electron chi connectivity index (χ0n) is 11.2. The molecule has 0 unspecified atom stereocenters. The molecule has 0 bridgehead atoms. The number of hydrogen-bond donors (Lipinski definition) is 2. The number of carbonyl (C=O) groups excluding carboxylic acids is 1. The molecule has 20 heavy (non-hydrogen) atoms. The molecule has 0 aliphatic heterocycles. The first-order valence-electron chi connectivity index (χ1n) is 5.89. The Morgan fingerprint density at radius 1 is 1.50 bits per heavy atom. The number of nitriles is 1. The van der Waals surface area contributed by atoms with E-state index in [0.29, 0.717) is 22.4 Å². The number of nitrogens with zero attached hydrogens (tertiary/aromatic N) is 2. The summed E-state index contributed by atoms with van der Waals surface area (Å²) < 4.78 is 6.41. The third kappa shape index (κ3) is 2.42. The Balaban J connectivity index is 2.26. The van der Waals surface area contributed by atoms with E-state index < -0.39 is 0 Å². The minimum atomic E-state index is -0.338. The molecule has 0 saturated carbocycles. The van der Waals surface area contributed by atoms with Crippen molar-refractivity contribution < 1.29 is 9.53 Å². The van der Waals surface area contributed by atoms with Crippen LogP contribution in [0.1, 0.15) is 21.5 Å². The molecular weight excluding hydrogens is 256 g/mol. The number of benzene rings is 1. The molecule has 2 aromatic rings. The van der Waals surface area contributed by atoms with Gasteiger partial charge in [0.2, 0.25) is 0 Å². The van der Waals surface area contributed by atoms with E-state index in [1.165, 1.54) is 11.8 Å². The average molecular weight is 270 g/mol. The van der Waals surface area contributed by atoms with Gasteiger partial charge in [0.25, 0.3) is 5.91 Å². The van der Waals surface area contributed by atoms with Crippen molar-refractivity contribution in [2.75, 3.05) is 18.3 Å². The molecular formula is C14H14N4O2. The fourth-order valence-corrected chi connectivity index (χ4v) is 1.83. The van der Waals surface area contributed by atoms with Gasteiger partial charge in [-0.25, -0.2) is 4.68 Å². The van der Waals surface area contributed by atoms with Gasteiger partial charge in [0.15, 0.2) is 0 Å². The number of nitrogens with one attached hydrogen (secondary N) is 1. The zero-order valence-corrected chi connectivity index (χ0v) is 11.2. The second-order valence-corrected chi connectivity index (χ2v) is 4.23. The highest BCUT2D eigenvalue weighted by molar-refractivity contribution is 6.00. The normalized spacial score (nSPS) is 9.85. The van der Waals surface area contributed by atoms with Crippen molar-refractivity contribution in [1.29, 1.82) is 5.26 Å². The van der Waals surface area contributed by atoms with Crippen LogP contribution in [0.2, 0.25) is 0 Å². The maximum atomic E-state index is 12.1. The third-order valence-electron chi connectivity index (χ3n) is 2.90.